The van der Waals surface area contributed by atoms with Crippen molar-refractivity contribution in [2.75, 3.05) is 18.4 Å². The number of rotatable bonds is 5. The van der Waals surface area contributed by atoms with E-state index in [9.17, 15) is 18.0 Å². The first-order valence-corrected chi connectivity index (χ1v) is 7.36. The van der Waals surface area contributed by atoms with Crippen LogP contribution in [0.5, 0.6) is 0 Å². The number of carbonyl (C=O) groups is 1. The van der Waals surface area contributed by atoms with E-state index in [1.165, 1.54) is 23.6 Å². The third-order valence-electron chi connectivity index (χ3n) is 2.88. The first-order valence-electron chi connectivity index (χ1n) is 6.48. The second-order valence-corrected chi connectivity index (χ2v) is 5.43. The van der Waals surface area contributed by atoms with Gasteiger partial charge in [-0.25, -0.2) is 4.98 Å². The summed E-state index contributed by atoms with van der Waals surface area (Å²) in [6, 6.07) is 4.03. The normalized spacial score (nSPS) is 11.3. The molecule has 2 N–H and O–H groups in total. The molecule has 0 saturated heterocycles. The Morgan fingerprint density at radius 1 is 1.32 bits per heavy atom. The van der Waals surface area contributed by atoms with Crippen molar-refractivity contribution < 1.29 is 18.0 Å². The highest BCUT2D eigenvalue weighted by Crippen LogP contribution is 2.33. The van der Waals surface area contributed by atoms with Gasteiger partial charge in [-0.15, -0.1) is 11.3 Å². The van der Waals surface area contributed by atoms with Crippen molar-refractivity contribution in [1.29, 1.82) is 0 Å². The van der Waals surface area contributed by atoms with Crippen LogP contribution in [0.1, 0.15) is 20.8 Å². The molecule has 0 saturated carbocycles. The Bertz CT molecular complexity index is 655. The van der Waals surface area contributed by atoms with E-state index in [2.05, 4.69) is 15.6 Å². The third-order valence-corrected chi connectivity index (χ3v) is 3.90. The number of hydrogen-bond donors (Lipinski definition) is 2. The van der Waals surface area contributed by atoms with Gasteiger partial charge in [0.05, 0.1) is 10.4 Å². The maximum Gasteiger partial charge on any atom is 0.419 e. The summed E-state index contributed by atoms with van der Waals surface area (Å²) in [6.07, 6.45) is -3.18. The van der Waals surface area contributed by atoms with Crippen LogP contribution in [0.25, 0.3) is 0 Å². The Labute approximate surface area is 129 Å². The van der Waals surface area contributed by atoms with Crippen LogP contribution in [-0.2, 0) is 6.18 Å². The van der Waals surface area contributed by atoms with Crippen LogP contribution in [-0.4, -0.2) is 24.0 Å². The highest BCUT2D eigenvalue weighted by Gasteiger charge is 2.33. The number of nitrogens with zero attached hydrogens (tertiary/aromatic N) is 1. The molecule has 2 heterocycles. The van der Waals surface area contributed by atoms with E-state index >= 15 is 0 Å². The fraction of sp³-hybridized carbons (Fsp3) is 0.286. The Morgan fingerprint density at radius 2 is 2.09 bits per heavy atom. The lowest BCUT2D eigenvalue weighted by molar-refractivity contribution is -0.137. The predicted molar refractivity (Wildman–Crippen MR) is 79.1 cm³/mol. The van der Waals surface area contributed by atoms with Gasteiger partial charge >= 0.3 is 6.18 Å². The number of aryl methyl sites for hydroxylation is 1. The first-order chi connectivity index (χ1) is 10.4. The topological polar surface area (TPSA) is 54.0 Å². The smallest absolute Gasteiger partial charge is 0.368 e. The molecule has 0 aliphatic carbocycles. The molecule has 4 nitrogen and oxygen atoms in total. The lowest BCUT2D eigenvalue weighted by Crippen LogP contribution is -2.29. The number of pyridine rings is 1. The van der Waals surface area contributed by atoms with Gasteiger partial charge in [-0.3, -0.25) is 4.79 Å². The largest absolute Gasteiger partial charge is 0.419 e. The number of thiophene rings is 1. The van der Waals surface area contributed by atoms with Gasteiger partial charge in [-0.2, -0.15) is 13.2 Å². The first kappa shape index (κ1) is 16.3. The molecule has 2 aromatic heterocycles. The van der Waals surface area contributed by atoms with Crippen LogP contribution < -0.4 is 10.6 Å². The van der Waals surface area contributed by atoms with Gasteiger partial charge in [0.15, 0.2) is 0 Å². The number of hydrogen-bond acceptors (Lipinski definition) is 4. The van der Waals surface area contributed by atoms with Gasteiger partial charge < -0.3 is 10.6 Å². The summed E-state index contributed by atoms with van der Waals surface area (Å²) >= 11 is 1.32. The highest BCUT2D eigenvalue weighted by molar-refractivity contribution is 7.12. The molecule has 2 rings (SSSR count). The molecule has 22 heavy (non-hydrogen) atoms. The van der Waals surface area contributed by atoms with Crippen molar-refractivity contribution >= 4 is 23.1 Å². The predicted octanol–water partition coefficient (Wildman–Crippen LogP) is 3.31. The summed E-state index contributed by atoms with van der Waals surface area (Å²) in [5.41, 5.74) is 0.0509. The number of anilines is 1. The molecular weight excluding hydrogens is 315 g/mol. The molecule has 8 heteroatoms. The molecule has 0 fully saturated rings. The molecule has 0 spiro atoms. The summed E-state index contributed by atoms with van der Waals surface area (Å²) in [5, 5.41) is 7.06. The SMILES string of the molecule is Cc1ccsc1C(=O)NCCNc1ncccc1C(F)(F)F. The van der Waals surface area contributed by atoms with Crippen molar-refractivity contribution in [2.45, 2.75) is 13.1 Å². The van der Waals surface area contributed by atoms with Crippen LogP contribution in [0.4, 0.5) is 19.0 Å². The van der Waals surface area contributed by atoms with Crippen LogP contribution in [0.3, 0.4) is 0 Å². The zero-order chi connectivity index (χ0) is 16.2. The lowest BCUT2D eigenvalue weighted by atomic mass is 10.2. The molecule has 0 aliphatic rings. The average Bonchev–Trinajstić information content (AvgIpc) is 2.89. The van der Waals surface area contributed by atoms with Gasteiger partial charge in [0.1, 0.15) is 5.82 Å². The van der Waals surface area contributed by atoms with Gasteiger partial charge in [-0.1, -0.05) is 0 Å². The average molecular weight is 329 g/mol. The minimum Gasteiger partial charge on any atom is -0.368 e. The number of aromatic nitrogens is 1. The summed E-state index contributed by atoms with van der Waals surface area (Å²) in [6.45, 7) is 2.17. The van der Waals surface area contributed by atoms with Gasteiger partial charge in [0.2, 0.25) is 0 Å². The Morgan fingerprint density at radius 3 is 2.73 bits per heavy atom. The van der Waals surface area contributed by atoms with Crippen molar-refractivity contribution in [2.24, 2.45) is 0 Å². The molecular formula is C14H14F3N3OS. The minimum atomic E-state index is -4.46. The lowest BCUT2D eigenvalue weighted by Gasteiger charge is -2.13. The maximum absolute atomic E-state index is 12.8. The fourth-order valence-corrected chi connectivity index (χ4v) is 2.66. The van der Waals surface area contributed by atoms with E-state index in [1.807, 2.05) is 18.4 Å². The maximum atomic E-state index is 12.8. The molecule has 0 aliphatic heterocycles. The third kappa shape index (κ3) is 3.97. The number of halogens is 3. The summed E-state index contributed by atoms with van der Waals surface area (Å²) in [5.74, 6) is -0.470. The highest BCUT2D eigenvalue weighted by atomic mass is 32.1. The molecule has 0 radical (unpaired) electrons. The fourth-order valence-electron chi connectivity index (χ4n) is 1.82. The van der Waals surface area contributed by atoms with Gasteiger partial charge in [0.25, 0.3) is 5.91 Å². The zero-order valence-corrected chi connectivity index (χ0v) is 12.5. The monoisotopic (exact) mass is 329 g/mol. The van der Waals surface area contributed by atoms with Crippen molar-refractivity contribution in [3.05, 3.63) is 45.8 Å². The molecule has 2 aromatic rings. The molecule has 0 unspecified atom stereocenters. The Balaban J connectivity index is 1.88. The molecule has 0 bridgehead atoms. The summed E-state index contributed by atoms with van der Waals surface area (Å²) in [7, 11) is 0. The van der Waals surface area contributed by atoms with E-state index in [0.717, 1.165) is 11.6 Å². The number of alkyl halides is 3. The molecule has 0 aromatic carbocycles. The van der Waals surface area contributed by atoms with E-state index in [-0.39, 0.29) is 24.8 Å². The minimum absolute atomic E-state index is 0.149. The van der Waals surface area contributed by atoms with Crippen LogP contribution >= 0.6 is 11.3 Å². The number of nitrogens with one attached hydrogen (secondary N) is 2. The molecule has 118 valence electrons. The van der Waals surface area contributed by atoms with E-state index in [4.69, 9.17) is 0 Å². The molecule has 1 amide bonds. The zero-order valence-electron chi connectivity index (χ0n) is 11.7. The van der Waals surface area contributed by atoms with Crippen molar-refractivity contribution in [1.82, 2.24) is 10.3 Å². The van der Waals surface area contributed by atoms with E-state index < -0.39 is 11.7 Å². The number of amides is 1. The van der Waals surface area contributed by atoms with Gasteiger partial charge in [-0.05, 0) is 36.1 Å². The van der Waals surface area contributed by atoms with Crippen LogP contribution in [0.15, 0.2) is 29.8 Å². The van der Waals surface area contributed by atoms with E-state index in [0.29, 0.717) is 4.88 Å². The van der Waals surface area contributed by atoms with Gasteiger partial charge in [0, 0.05) is 19.3 Å². The van der Waals surface area contributed by atoms with Crippen LogP contribution in [0, 0.1) is 6.92 Å². The number of carbonyl (C=O) groups excluding carboxylic acids is 1. The Hall–Kier alpha value is -2.09. The summed E-state index contributed by atoms with van der Waals surface area (Å²) < 4.78 is 38.3. The van der Waals surface area contributed by atoms with E-state index in [1.54, 1.807) is 0 Å². The summed E-state index contributed by atoms with van der Waals surface area (Å²) in [4.78, 5) is 16.1. The van der Waals surface area contributed by atoms with Crippen molar-refractivity contribution in [3.63, 3.8) is 0 Å². The Kier molecular flexibility index (Phi) is 5.02. The van der Waals surface area contributed by atoms with Crippen molar-refractivity contribution in [3.8, 4) is 0 Å². The molecule has 0 atom stereocenters. The standard InChI is InChI=1S/C14H14F3N3OS/c1-9-4-8-22-11(9)13(21)20-7-6-19-12-10(14(15,16)17)3-2-5-18-12/h2-5,8H,6-7H2,1H3,(H,18,19)(H,20,21). The second kappa shape index (κ2) is 6.78. The second-order valence-electron chi connectivity index (χ2n) is 4.51. The van der Waals surface area contributed by atoms with Crippen LogP contribution in [0.2, 0.25) is 0 Å². The quantitative estimate of drug-likeness (QED) is 0.828.